The minimum absolute atomic E-state index is 0.0858. The first kappa shape index (κ1) is 13.8. The first-order valence-corrected chi connectivity index (χ1v) is 7.15. The first-order chi connectivity index (χ1) is 8.54. The van der Waals surface area contributed by atoms with Crippen LogP contribution in [0.4, 0.5) is 0 Å². The molecule has 3 atom stereocenters. The van der Waals surface area contributed by atoms with E-state index in [4.69, 9.17) is 10.5 Å². The largest absolute Gasteiger partial charge is 0.468 e. The molecule has 2 aliphatic heterocycles. The van der Waals surface area contributed by atoms with Gasteiger partial charge in [-0.05, 0) is 31.6 Å². The summed E-state index contributed by atoms with van der Waals surface area (Å²) in [5, 5.41) is 0. The topological polar surface area (TPSA) is 55.6 Å². The van der Waals surface area contributed by atoms with E-state index in [-0.39, 0.29) is 17.9 Å². The first-order valence-electron chi connectivity index (χ1n) is 7.15. The van der Waals surface area contributed by atoms with E-state index < -0.39 is 0 Å². The fourth-order valence-electron chi connectivity index (χ4n) is 3.77. The number of piperidine rings is 2. The molecule has 2 aliphatic rings. The molecule has 4 nitrogen and oxygen atoms in total. The third-order valence-corrected chi connectivity index (χ3v) is 4.46. The van der Waals surface area contributed by atoms with Gasteiger partial charge < -0.3 is 10.5 Å². The van der Waals surface area contributed by atoms with Gasteiger partial charge in [0.05, 0.1) is 7.11 Å². The SMILES string of the molecule is COC(=O)C(C(C)C)N1C2CCCC1CC(N)C2. The molecule has 0 aliphatic carbocycles. The molecule has 4 heteroatoms. The summed E-state index contributed by atoms with van der Waals surface area (Å²) in [6.07, 6.45) is 5.66. The van der Waals surface area contributed by atoms with E-state index in [0.717, 1.165) is 12.8 Å². The van der Waals surface area contributed by atoms with Crippen molar-refractivity contribution >= 4 is 5.97 Å². The number of carbonyl (C=O) groups excluding carboxylic acids is 1. The third-order valence-electron chi connectivity index (χ3n) is 4.46. The molecule has 0 aromatic heterocycles. The highest BCUT2D eigenvalue weighted by Gasteiger charge is 2.44. The average Bonchev–Trinajstić information content (AvgIpc) is 2.29. The van der Waals surface area contributed by atoms with Gasteiger partial charge in [0, 0.05) is 18.1 Å². The second kappa shape index (κ2) is 5.57. The average molecular weight is 254 g/mol. The van der Waals surface area contributed by atoms with E-state index in [2.05, 4.69) is 18.7 Å². The number of nitrogens with two attached hydrogens (primary N) is 1. The van der Waals surface area contributed by atoms with Crippen LogP contribution in [0.1, 0.15) is 46.0 Å². The van der Waals surface area contributed by atoms with E-state index in [1.54, 1.807) is 0 Å². The maximum absolute atomic E-state index is 12.1. The van der Waals surface area contributed by atoms with Gasteiger partial charge in [0.1, 0.15) is 6.04 Å². The van der Waals surface area contributed by atoms with Gasteiger partial charge in [-0.25, -0.2) is 0 Å². The summed E-state index contributed by atoms with van der Waals surface area (Å²) in [7, 11) is 1.49. The normalized spacial score (nSPS) is 34.4. The number of carbonyl (C=O) groups is 1. The van der Waals surface area contributed by atoms with Crippen molar-refractivity contribution in [1.82, 2.24) is 4.90 Å². The van der Waals surface area contributed by atoms with Gasteiger partial charge in [-0.3, -0.25) is 9.69 Å². The summed E-state index contributed by atoms with van der Waals surface area (Å²) < 4.78 is 5.01. The molecule has 0 amide bonds. The Bertz CT molecular complexity index is 292. The Morgan fingerprint density at radius 1 is 1.28 bits per heavy atom. The Labute approximate surface area is 110 Å². The summed E-state index contributed by atoms with van der Waals surface area (Å²) in [6, 6.07) is 1.15. The zero-order valence-electron chi connectivity index (χ0n) is 11.8. The fraction of sp³-hybridized carbons (Fsp3) is 0.929. The maximum atomic E-state index is 12.1. The number of methoxy groups -OCH3 is 1. The molecule has 0 saturated carbocycles. The van der Waals surface area contributed by atoms with Gasteiger partial charge in [-0.15, -0.1) is 0 Å². The van der Waals surface area contributed by atoms with Crippen LogP contribution >= 0.6 is 0 Å². The van der Waals surface area contributed by atoms with Crippen LogP contribution in [0.25, 0.3) is 0 Å². The van der Waals surface area contributed by atoms with Crippen LogP contribution in [0.15, 0.2) is 0 Å². The summed E-state index contributed by atoms with van der Waals surface area (Å²) in [6.45, 7) is 4.21. The van der Waals surface area contributed by atoms with Gasteiger partial charge in [0.2, 0.25) is 0 Å². The molecule has 0 aromatic rings. The van der Waals surface area contributed by atoms with E-state index in [0.29, 0.717) is 18.1 Å². The molecule has 2 rings (SSSR count). The predicted molar refractivity (Wildman–Crippen MR) is 71.1 cm³/mol. The summed E-state index contributed by atoms with van der Waals surface area (Å²) in [5.41, 5.74) is 6.13. The van der Waals surface area contributed by atoms with Crippen molar-refractivity contribution in [3.8, 4) is 0 Å². The number of hydrogen-bond donors (Lipinski definition) is 1. The van der Waals surface area contributed by atoms with Crippen molar-refractivity contribution in [2.45, 2.75) is 70.1 Å². The zero-order chi connectivity index (χ0) is 13.3. The molecule has 2 heterocycles. The Kier molecular flexibility index (Phi) is 4.28. The molecular weight excluding hydrogens is 228 g/mol. The van der Waals surface area contributed by atoms with Gasteiger partial charge in [0.25, 0.3) is 0 Å². The van der Waals surface area contributed by atoms with Crippen molar-refractivity contribution in [2.24, 2.45) is 11.7 Å². The number of rotatable bonds is 3. The molecule has 0 radical (unpaired) electrons. The van der Waals surface area contributed by atoms with Crippen molar-refractivity contribution in [2.75, 3.05) is 7.11 Å². The highest BCUT2D eigenvalue weighted by Crippen LogP contribution is 2.36. The lowest BCUT2D eigenvalue weighted by Crippen LogP contribution is -2.62. The van der Waals surface area contributed by atoms with Crippen molar-refractivity contribution in [3.63, 3.8) is 0 Å². The number of nitrogens with zero attached hydrogens (tertiary/aromatic N) is 1. The molecule has 3 unspecified atom stereocenters. The highest BCUT2D eigenvalue weighted by atomic mass is 16.5. The minimum Gasteiger partial charge on any atom is -0.468 e. The lowest BCUT2D eigenvalue weighted by atomic mass is 9.79. The molecular formula is C14H26N2O2. The monoisotopic (exact) mass is 254 g/mol. The lowest BCUT2D eigenvalue weighted by Gasteiger charge is -2.51. The van der Waals surface area contributed by atoms with Crippen LogP contribution in [0, 0.1) is 5.92 Å². The van der Waals surface area contributed by atoms with Gasteiger partial charge in [0.15, 0.2) is 0 Å². The Morgan fingerprint density at radius 3 is 2.28 bits per heavy atom. The number of fused-ring (bicyclic) bond motifs is 2. The molecule has 2 saturated heterocycles. The van der Waals surface area contributed by atoms with E-state index in [1.807, 2.05) is 0 Å². The second-order valence-corrected chi connectivity index (χ2v) is 6.13. The predicted octanol–water partition coefficient (Wildman–Crippen LogP) is 1.53. The van der Waals surface area contributed by atoms with Crippen LogP contribution in [0.3, 0.4) is 0 Å². The quantitative estimate of drug-likeness (QED) is 0.776. The molecule has 0 spiro atoms. The maximum Gasteiger partial charge on any atom is 0.323 e. The lowest BCUT2D eigenvalue weighted by molar-refractivity contribution is -0.154. The summed E-state index contributed by atoms with van der Waals surface area (Å²) in [5.74, 6) is 0.201. The highest BCUT2D eigenvalue weighted by molar-refractivity contribution is 5.76. The van der Waals surface area contributed by atoms with E-state index in [1.165, 1.54) is 26.4 Å². The molecule has 2 fully saturated rings. The second-order valence-electron chi connectivity index (χ2n) is 6.13. The van der Waals surface area contributed by atoms with Crippen LogP contribution in [0.2, 0.25) is 0 Å². The standard InChI is InChI=1S/C14H26N2O2/c1-9(2)13(14(17)18-3)16-11-5-4-6-12(16)8-10(15)7-11/h9-13H,4-8,15H2,1-3H3. The van der Waals surface area contributed by atoms with Crippen LogP contribution in [-0.2, 0) is 9.53 Å². The van der Waals surface area contributed by atoms with Gasteiger partial charge in [-0.2, -0.15) is 0 Å². The Morgan fingerprint density at radius 2 is 1.83 bits per heavy atom. The minimum atomic E-state index is -0.0993. The van der Waals surface area contributed by atoms with Crippen LogP contribution < -0.4 is 5.73 Å². The molecule has 2 N–H and O–H groups in total. The molecule has 104 valence electrons. The van der Waals surface area contributed by atoms with Crippen molar-refractivity contribution < 1.29 is 9.53 Å². The van der Waals surface area contributed by atoms with Crippen LogP contribution in [0.5, 0.6) is 0 Å². The summed E-state index contributed by atoms with van der Waals surface area (Å²) in [4.78, 5) is 14.5. The Hall–Kier alpha value is -0.610. The number of ether oxygens (including phenoxy) is 1. The van der Waals surface area contributed by atoms with E-state index in [9.17, 15) is 4.79 Å². The smallest absolute Gasteiger partial charge is 0.323 e. The van der Waals surface area contributed by atoms with Crippen LogP contribution in [-0.4, -0.2) is 42.1 Å². The van der Waals surface area contributed by atoms with E-state index >= 15 is 0 Å². The summed E-state index contributed by atoms with van der Waals surface area (Å²) >= 11 is 0. The van der Waals surface area contributed by atoms with Crippen molar-refractivity contribution in [3.05, 3.63) is 0 Å². The van der Waals surface area contributed by atoms with Gasteiger partial charge >= 0.3 is 5.97 Å². The van der Waals surface area contributed by atoms with Gasteiger partial charge in [-0.1, -0.05) is 20.3 Å². The number of esters is 1. The fourth-order valence-corrected chi connectivity index (χ4v) is 3.77. The Balaban J connectivity index is 2.21. The molecule has 18 heavy (non-hydrogen) atoms. The third kappa shape index (κ3) is 2.54. The number of hydrogen-bond acceptors (Lipinski definition) is 4. The molecule has 0 aromatic carbocycles. The molecule has 2 bridgehead atoms. The van der Waals surface area contributed by atoms with Crippen molar-refractivity contribution in [1.29, 1.82) is 0 Å². The zero-order valence-corrected chi connectivity index (χ0v) is 11.8.